The highest BCUT2D eigenvalue weighted by Gasteiger charge is 2.17. The molecule has 0 aliphatic rings. The fourth-order valence-electron chi connectivity index (χ4n) is 2.92. The minimum absolute atomic E-state index is 0.107. The average Bonchev–Trinajstić information content (AvgIpc) is 2.61. The topological polar surface area (TPSA) is 93.7 Å². The molecule has 1 aromatic heterocycles. The molecule has 1 aromatic rings. The predicted molar refractivity (Wildman–Crippen MR) is 105 cm³/mol. The molecule has 156 valence electrons. The van der Waals surface area contributed by atoms with Crippen LogP contribution in [0.15, 0.2) is 15.8 Å². The first-order valence-corrected chi connectivity index (χ1v) is 11.2. The van der Waals surface area contributed by atoms with Gasteiger partial charge in [-0.05, 0) is 52.5 Å². The summed E-state index contributed by atoms with van der Waals surface area (Å²) in [4.78, 5) is 23.7. The Morgan fingerprint density at radius 2 is 1.85 bits per heavy atom. The molecule has 4 unspecified atom stereocenters. The summed E-state index contributed by atoms with van der Waals surface area (Å²) in [7, 11) is -0.842. The van der Waals surface area contributed by atoms with E-state index in [-0.39, 0.29) is 18.6 Å². The number of rotatable bonds is 12. The van der Waals surface area contributed by atoms with Crippen LogP contribution in [0.4, 0.5) is 4.39 Å². The Kier molecular flexibility index (Phi) is 10.1. The van der Waals surface area contributed by atoms with E-state index >= 15 is 0 Å². The second kappa shape index (κ2) is 11.5. The Labute approximate surface area is 161 Å². The SMILES string of the molecule is CCn1c(=O)c(F)cn(CCCCC(C[SiH2]OC(C)C(C)O)C(C)O)c1=O. The van der Waals surface area contributed by atoms with Gasteiger partial charge in [-0.1, -0.05) is 6.42 Å². The van der Waals surface area contributed by atoms with Gasteiger partial charge in [-0.3, -0.25) is 13.9 Å². The van der Waals surface area contributed by atoms with Crippen molar-refractivity contribution in [3.63, 3.8) is 0 Å². The molecule has 7 nitrogen and oxygen atoms in total. The lowest BCUT2D eigenvalue weighted by Gasteiger charge is -2.22. The van der Waals surface area contributed by atoms with Crippen LogP contribution in [0.25, 0.3) is 0 Å². The minimum atomic E-state index is -0.923. The zero-order valence-electron chi connectivity index (χ0n) is 16.7. The summed E-state index contributed by atoms with van der Waals surface area (Å²) in [5, 5.41) is 19.4. The Bertz CT molecular complexity index is 689. The van der Waals surface area contributed by atoms with Gasteiger partial charge in [0.2, 0.25) is 5.82 Å². The standard InChI is InChI=1S/C18H33FN2O5Si/c1-5-21-17(24)16(19)10-20(18(21)25)9-7-6-8-15(13(3)23)11-27-26-14(4)12(2)22/h10,12-15,22-23H,5-9,11,27H2,1-4H3. The van der Waals surface area contributed by atoms with Gasteiger partial charge < -0.3 is 14.6 Å². The quantitative estimate of drug-likeness (QED) is 0.394. The lowest BCUT2D eigenvalue weighted by Crippen LogP contribution is -2.40. The number of aromatic nitrogens is 2. The summed E-state index contributed by atoms with van der Waals surface area (Å²) in [6.45, 7) is 7.38. The van der Waals surface area contributed by atoms with E-state index in [2.05, 4.69) is 0 Å². The first-order valence-electron chi connectivity index (χ1n) is 9.66. The molecule has 0 amide bonds. The van der Waals surface area contributed by atoms with Gasteiger partial charge >= 0.3 is 5.69 Å². The summed E-state index contributed by atoms with van der Waals surface area (Å²) in [5.74, 6) is -0.815. The van der Waals surface area contributed by atoms with E-state index in [4.69, 9.17) is 4.43 Å². The molecule has 1 rings (SSSR count). The van der Waals surface area contributed by atoms with Crippen LogP contribution in [0.3, 0.4) is 0 Å². The van der Waals surface area contributed by atoms with Crippen molar-refractivity contribution in [2.45, 2.75) is 84.4 Å². The van der Waals surface area contributed by atoms with Crippen LogP contribution < -0.4 is 11.2 Å². The molecular formula is C18H33FN2O5Si. The lowest BCUT2D eigenvalue weighted by atomic mass is 9.99. The maximum Gasteiger partial charge on any atom is 0.331 e. The van der Waals surface area contributed by atoms with Crippen molar-refractivity contribution in [1.29, 1.82) is 0 Å². The first kappa shape index (κ1) is 23.7. The number of hydrogen-bond acceptors (Lipinski definition) is 5. The molecule has 0 saturated heterocycles. The van der Waals surface area contributed by atoms with Crippen LogP contribution in [0.1, 0.15) is 47.0 Å². The molecule has 0 fully saturated rings. The normalized spacial score (nSPS) is 16.6. The Hall–Kier alpha value is -1.29. The monoisotopic (exact) mass is 404 g/mol. The van der Waals surface area contributed by atoms with Crippen LogP contribution in [0, 0.1) is 11.7 Å². The summed E-state index contributed by atoms with van der Waals surface area (Å²) < 4.78 is 21.5. The maximum atomic E-state index is 13.7. The van der Waals surface area contributed by atoms with Gasteiger partial charge in [0.05, 0.1) is 24.5 Å². The molecular weight excluding hydrogens is 371 g/mol. The second-order valence-electron chi connectivity index (χ2n) is 7.10. The fraction of sp³-hybridized carbons (Fsp3) is 0.778. The predicted octanol–water partition coefficient (Wildman–Crippen LogP) is 0.624. The van der Waals surface area contributed by atoms with Crippen molar-refractivity contribution in [2.75, 3.05) is 0 Å². The van der Waals surface area contributed by atoms with Crippen LogP contribution >= 0.6 is 0 Å². The van der Waals surface area contributed by atoms with Crippen molar-refractivity contribution in [1.82, 2.24) is 9.13 Å². The highest BCUT2D eigenvalue weighted by molar-refractivity contribution is 6.27. The smallest absolute Gasteiger partial charge is 0.331 e. The largest absolute Gasteiger partial charge is 0.419 e. The van der Waals surface area contributed by atoms with Crippen LogP contribution in [-0.2, 0) is 17.5 Å². The molecule has 0 saturated carbocycles. The Morgan fingerprint density at radius 1 is 1.19 bits per heavy atom. The molecule has 4 atom stereocenters. The number of nitrogens with zero attached hydrogens (tertiary/aromatic N) is 2. The zero-order valence-corrected chi connectivity index (χ0v) is 18.1. The van der Waals surface area contributed by atoms with Crippen LogP contribution in [-0.4, -0.2) is 47.4 Å². The second-order valence-corrected chi connectivity index (χ2v) is 8.42. The third-order valence-corrected chi connectivity index (χ3v) is 6.71. The number of aliphatic hydroxyl groups excluding tert-OH is 2. The van der Waals surface area contributed by atoms with Crippen molar-refractivity contribution < 1.29 is 19.0 Å². The third kappa shape index (κ3) is 7.32. The molecule has 27 heavy (non-hydrogen) atoms. The van der Waals surface area contributed by atoms with E-state index in [1.54, 1.807) is 20.8 Å². The van der Waals surface area contributed by atoms with E-state index in [1.165, 1.54) is 4.57 Å². The van der Waals surface area contributed by atoms with Gasteiger partial charge in [0.25, 0.3) is 5.56 Å². The molecule has 2 N–H and O–H groups in total. The van der Waals surface area contributed by atoms with Gasteiger partial charge in [-0.25, -0.2) is 4.79 Å². The summed E-state index contributed by atoms with van der Waals surface area (Å²) in [6.07, 6.45) is 2.02. The molecule has 0 aromatic carbocycles. The highest BCUT2D eigenvalue weighted by atomic mass is 28.2. The molecule has 0 aliphatic carbocycles. The molecule has 0 bridgehead atoms. The third-order valence-electron chi connectivity index (χ3n) is 4.97. The van der Waals surface area contributed by atoms with Gasteiger partial charge in [-0.15, -0.1) is 0 Å². The molecule has 0 spiro atoms. The number of halogens is 1. The molecule has 0 radical (unpaired) electrons. The highest BCUT2D eigenvalue weighted by Crippen LogP contribution is 2.18. The summed E-state index contributed by atoms with van der Waals surface area (Å²) in [5.41, 5.74) is -1.38. The van der Waals surface area contributed by atoms with Crippen molar-refractivity contribution in [3.05, 3.63) is 32.9 Å². The zero-order chi connectivity index (χ0) is 20.6. The summed E-state index contributed by atoms with van der Waals surface area (Å²) >= 11 is 0. The van der Waals surface area contributed by atoms with Crippen molar-refractivity contribution in [3.8, 4) is 0 Å². The molecule has 9 heteroatoms. The molecule has 1 heterocycles. The number of aryl methyl sites for hydroxylation is 1. The summed E-state index contributed by atoms with van der Waals surface area (Å²) in [6, 6.07) is 0.810. The Balaban J connectivity index is 2.52. The van der Waals surface area contributed by atoms with E-state index in [0.717, 1.165) is 29.6 Å². The van der Waals surface area contributed by atoms with Crippen molar-refractivity contribution in [2.24, 2.45) is 5.92 Å². The number of hydrogen-bond donors (Lipinski definition) is 2. The van der Waals surface area contributed by atoms with E-state index in [1.807, 2.05) is 6.92 Å². The van der Waals surface area contributed by atoms with E-state index in [0.29, 0.717) is 13.0 Å². The lowest BCUT2D eigenvalue weighted by molar-refractivity contribution is 0.0604. The molecule has 0 aliphatic heterocycles. The number of aliphatic hydroxyl groups is 2. The van der Waals surface area contributed by atoms with Gasteiger partial charge in [0, 0.05) is 13.1 Å². The maximum absolute atomic E-state index is 13.7. The van der Waals surface area contributed by atoms with E-state index in [9.17, 15) is 24.2 Å². The van der Waals surface area contributed by atoms with E-state index < -0.39 is 39.0 Å². The van der Waals surface area contributed by atoms with Crippen LogP contribution in [0.2, 0.25) is 6.04 Å². The van der Waals surface area contributed by atoms with Gasteiger partial charge in [-0.2, -0.15) is 4.39 Å². The van der Waals surface area contributed by atoms with Gasteiger partial charge in [0.1, 0.15) is 0 Å². The average molecular weight is 405 g/mol. The number of unbranched alkanes of at least 4 members (excludes halogenated alkanes) is 1. The van der Waals surface area contributed by atoms with Crippen LogP contribution in [0.5, 0.6) is 0 Å². The first-order chi connectivity index (χ1) is 12.7. The van der Waals surface area contributed by atoms with Gasteiger partial charge in [0.15, 0.2) is 9.76 Å². The minimum Gasteiger partial charge on any atom is -0.419 e. The van der Waals surface area contributed by atoms with Crippen molar-refractivity contribution >= 4 is 9.76 Å². The fourth-order valence-corrected chi connectivity index (χ4v) is 4.78. The Morgan fingerprint density at radius 3 is 2.41 bits per heavy atom.